The lowest BCUT2D eigenvalue weighted by Gasteiger charge is -2.27. The third-order valence-electron chi connectivity index (χ3n) is 5.95. The molecule has 27 heavy (non-hydrogen) atoms. The molecule has 0 bridgehead atoms. The van der Waals surface area contributed by atoms with Crippen molar-refractivity contribution in [1.29, 1.82) is 0 Å². The van der Waals surface area contributed by atoms with Gasteiger partial charge in [-0.3, -0.25) is 4.79 Å². The van der Waals surface area contributed by atoms with Gasteiger partial charge in [0.15, 0.2) is 0 Å². The lowest BCUT2D eigenvalue weighted by Crippen LogP contribution is -2.37. The Kier molecular flexibility index (Phi) is 5.55. The van der Waals surface area contributed by atoms with E-state index in [1.807, 2.05) is 24.3 Å². The first kappa shape index (κ1) is 18.9. The fourth-order valence-corrected chi connectivity index (χ4v) is 6.13. The predicted molar refractivity (Wildman–Crippen MR) is 106 cm³/mol. The van der Waals surface area contributed by atoms with E-state index in [0.717, 1.165) is 56.9 Å². The summed E-state index contributed by atoms with van der Waals surface area (Å²) in [6.45, 7) is 0.421. The highest BCUT2D eigenvalue weighted by Gasteiger charge is 2.38. The van der Waals surface area contributed by atoms with E-state index in [-0.39, 0.29) is 11.9 Å². The van der Waals surface area contributed by atoms with Gasteiger partial charge in [0.1, 0.15) is 0 Å². The Balaban J connectivity index is 1.41. The molecule has 1 aromatic carbocycles. The second-order valence-corrected chi connectivity index (χ2v) is 10.5. The molecule has 0 radical (unpaired) electrons. The van der Waals surface area contributed by atoms with Crippen LogP contribution in [0.4, 0.5) is 0 Å². The van der Waals surface area contributed by atoms with Gasteiger partial charge in [0, 0.05) is 24.2 Å². The van der Waals surface area contributed by atoms with Crippen molar-refractivity contribution in [2.75, 3.05) is 5.75 Å². The van der Waals surface area contributed by atoms with Crippen LogP contribution in [0.5, 0.6) is 0 Å². The quantitative estimate of drug-likeness (QED) is 0.739. The van der Waals surface area contributed by atoms with E-state index < -0.39 is 10.0 Å². The number of sulfonamides is 1. The number of amides is 1. The number of benzene rings is 1. The Bertz CT molecular complexity index is 761. The minimum Gasteiger partial charge on any atom is -0.349 e. The minimum absolute atomic E-state index is 0.0342. The molecule has 1 N–H and O–H groups in total. The van der Waals surface area contributed by atoms with Gasteiger partial charge in [0.2, 0.25) is 10.0 Å². The molecule has 3 fully saturated rings. The summed E-state index contributed by atoms with van der Waals surface area (Å²) in [6, 6.07) is 7.92. The third kappa shape index (κ3) is 5.11. The second-order valence-electron chi connectivity index (χ2n) is 8.50. The van der Waals surface area contributed by atoms with E-state index in [0.29, 0.717) is 29.8 Å². The zero-order chi connectivity index (χ0) is 18.9. The molecule has 3 saturated carbocycles. The van der Waals surface area contributed by atoms with E-state index in [4.69, 9.17) is 0 Å². The molecule has 3 aliphatic rings. The van der Waals surface area contributed by atoms with Crippen LogP contribution < -0.4 is 5.32 Å². The predicted octanol–water partition coefficient (Wildman–Crippen LogP) is 3.45. The van der Waals surface area contributed by atoms with Crippen molar-refractivity contribution < 1.29 is 13.2 Å². The Morgan fingerprint density at radius 2 is 1.63 bits per heavy atom. The molecule has 148 valence electrons. The highest BCUT2D eigenvalue weighted by Crippen LogP contribution is 2.33. The molecule has 0 spiro atoms. The smallest absolute Gasteiger partial charge is 0.251 e. The molecule has 6 heteroatoms. The van der Waals surface area contributed by atoms with E-state index >= 15 is 0 Å². The third-order valence-corrected chi connectivity index (χ3v) is 7.98. The van der Waals surface area contributed by atoms with Crippen LogP contribution in [-0.2, 0) is 16.6 Å². The van der Waals surface area contributed by atoms with Crippen LogP contribution in [0.1, 0.15) is 73.7 Å². The van der Waals surface area contributed by atoms with Gasteiger partial charge in [0.05, 0.1) is 5.75 Å². The molecule has 4 rings (SSSR count). The maximum Gasteiger partial charge on any atom is 0.251 e. The van der Waals surface area contributed by atoms with E-state index in [1.54, 1.807) is 4.31 Å². The highest BCUT2D eigenvalue weighted by atomic mass is 32.2. The maximum atomic E-state index is 13.0. The Morgan fingerprint density at radius 1 is 0.963 bits per heavy atom. The SMILES string of the molecule is O=C(NC1CC1)c1ccc(CN(C2CC2)S(=O)(=O)CC2CCCCC2)cc1. The van der Waals surface area contributed by atoms with Crippen LogP contribution >= 0.6 is 0 Å². The lowest BCUT2D eigenvalue weighted by molar-refractivity contribution is 0.0951. The molecule has 3 aliphatic carbocycles. The van der Waals surface area contributed by atoms with Gasteiger partial charge in [-0.15, -0.1) is 0 Å². The zero-order valence-electron chi connectivity index (χ0n) is 15.9. The first-order valence-electron chi connectivity index (χ1n) is 10.4. The molecule has 0 saturated heterocycles. The molecule has 1 aromatic rings. The Hall–Kier alpha value is -1.40. The van der Waals surface area contributed by atoms with Crippen molar-refractivity contribution >= 4 is 15.9 Å². The fourth-order valence-electron chi connectivity index (χ4n) is 4.00. The van der Waals surface area contributed by atoms with Crippen molar-refractivity contribution in [2.24, 2.45) is 5.92 Å². The second kappa shape index (κ2) is 7.92. The molecule has 5 nitrogen and oxygen atoms in total. The van der Waals surface area contributed by atoms with Gasteiger partial charge >= 0.3 is 0 Å². The Morgan fingerprint density at radius 3 is 2.22 bits per heavy atom. The van der Waals surface area contributed by atoms with Crippen molar-refractivity contribution in [3.8, 4) is 0 Å². The Labute approximate surface area is 162 Å². The summed E-state index contributed by atoms with van der Waals surface area (Å²) in [5.74, 6) is 0.581. The molecule has 0 aromatic heterocycles. The van der Waals surface area contributed by atoms with Gasteiger partial charge < -0.3 is 5.32 Å². The number of rotatable bonds is 8. The summed E-state index contributed by atoms with van der Waals surface area (Å²) in [7, 11) is -3.24. The number of carbonyl (C=O) groups is 1. The maximum absolute atomic E-state index is 13.0. The van der Waals surface area contributed by atoms with Gasteiger partial charge in [0.25, 0.3) is 5.91 Å². The number of carbonyl (C=O) groups excluding carboxylic acids is 1. The summed E-state index contributed by atoms with van der Waals surface area (Å²) in [6.07, 6.45) is 9.71. The van der Waals surface area contributed by atoms with E-state index in [2.05, 4.69) is 5.32 Å². The van der Waals surface area contributed by atoms with Gasteiger partial charge in [-0.05, 0) is 62.1 Å². The van der Waals surface area contributed by atoms with Crippen LogP contribution in [0.15, 0.2) is 24.3 Å². The van der Waals surface area contributed by atoms with Gasteiger partial charge in [-0.1, -0.05) is 31.4 Å². The van der Waals surface area contributed by atoms with Crippen LogP contribution in [0.3, 0.4) is 0 Å². The molecular formula is C21H30N2O3S. The molecule has 0 heterocycles. The van der Waals surface area contributed by atoms with Crippen LogP contribution in [0, 0.1) is 5.92 Å². The summed E-state index contributed by atoms with van der Waals surface area (Å²) in [5.41, 5.74) is 1.60. The summed E-state index contributed by atoms with van der Waals surface area (Å²) >= 11 is 0. The lowest BCUT2D eigenvalue weighted by atomic mass is 9.91. The van der Waals surface area contributed by atoms with E-state index in [9.17, 15) is 13.2 Å². The first-order valence-corrected chi connectivity index (χ1v) is 12.0. The summed E-state index contributed by atoms with van der Waals surface area (Å²) < 4.78 is 27.8. The standard InChI is InChI=1S/C21H30N2O3S/c24-21(22-19-10-11-19)18-8-6-16(7-9-18)14-23(20-12-13-20)27(25,26)15-17-4-2-1-3-5-17/h6-9,17,19-20H,1-5,10-15H2,(H,22,24). The normalized spacial score (nSPS) is 21.4. The summed E-state index contributed by atoms with van der Waals surface area (Å²) in [5, 5.41) is 2.98. The average molecular weight is 391 g/mol. The molecular weight excluding hydrogens is 360 g/mol. The van der Waals surface area contributed by atoms with Crippen LogP contribution in [0.2, 0.25) is 0 Å². The summed E-state index contributed by atoms with van der Waals surface area (Å²) in [4.78, 5) is 12.1. The van der Waals surface area contributed by atoms with Crippen LogP contribution in [0.25, 0.3) is 0 Å². The number of nitrogens with zero attached hydrogens (tertiary/aromatic N) is 1. The number of hydrogen-bond donors (Lipinski definition) is 1. The monoisotopic (exact) mass is 390 g/mol. The van der Waals surface area contributed by atoms with E-state index in [1.165, 1.54) is 6.42 Å². The number of hydrogen-bond acceptors (Lipinski definition) is 3. The zero-order valence-corrected chi connectivity index (χ0v) is 16.7. The molecule has 0 atom stereocenters. The topological polar surface area (TPSA) is 66.5 Å². The van der Waals surface area contributed by atoms with Crippen molar-refractivity contribution in [1.82, 2.24) is 9.62 Å². The molecule has 0 aliphatic heterocycles. The van der Waals surface area contributed by atoms with Crippen molar-refractivity contribution in [3.05, 3.63) is 35.4 Å². The molecule has 1 amide bonds. The number of nitrogens with one attached hydrogen (secondary N) is 1. The van der Waals surface area contributed by atoms with Crippen molar-refractivity contribution in [2.45, 2.75) is 76.4 Å². The minimum atomic E-state index is -3.24. The average Bonchev–Trinajstić information content (AvgIpc) is 3.55. The van der Waals surface area contributed by atoms with Crippen molar-refractivity contribution in [3.63, 3.8) is 0 Å². The van der Waals surface area contributed by atoms with Gasteiger partial charge in [-0.2, -0.15) is 4.31 Å². The van der Waals surface area contributed by atoms with Crippen LogP contribution in [-0.4, -0.2) is 36.5 Å². The van der Waals surface area contributed by atoms with Gasteiger partial charge in [-0.25, -0.2) is 8.42 Å². The highest BCUT2D eigenvalue weighted by molar-refractivity contribution is 7.89. The first-order chi connectivity index (χ1) is 13.0. The molecule has 0 unspecified atom stereocenters. The fraction of sp³-hybridized carbons (Fsp3) is 0.667. The largest absolute Gasteiger partial charge is 0.349 e.